The summed E-state index contributed by atoms with van der Waals surface area (Å²) in [6.07, 6.45) is 9.92. The summed E-state index contributed by atoms with van der Waals surface area (Å²) in [6, 6.07) is 8.74. The molecule has 1 saturated carbocycles. The molecule has 2 heterocycles. The van der Waals surface area contributed by atoms with Gasteiger partial charge in [-0.1, -0.05) is 19.4 Å². The van der Waals surface area contributed by atoms with E-state index in [-0.39, 0.29) is 11.4 Å². The van der Waals surface area contributed by atoms with Gasteiger partial charge in [-0.3, -0.25) is 9.62 Å². The predicted molar refractivity (Wildman–Crippen MR) is 135 cm³/mol. The third kappa shape index (κ3) is 5.33. The molecule has 2 aliphatic rings. The maximum atomic E-state index is 12.2. The van der Waals surface area contributed by atoms with Crippen molar-refractivity contribution in [3.63, 3.8) is 0 Å². The molecule has 186 valence electrons. The third-order valence-electron chi connectivity index (χ3n) is 7.38. The van der Waals surface area contributed by atoms with Crippen LogP contribution in [-0.2, 0) is 12.0 Å². The van der Waals surface area contributed by atoms with Gasteiger partial charge in [0, 0.05) is 35.4 Å². The van der Waals surface area contributed by atoms with E-state index in [4.69, 9.17) is 13.9 Å². The number of carbonyl (C=O) groups excluding carboxylic acids is 1. The SMILES string of the molecule is CCCCNC(=O)NSC1CCC2(c3ccc(OC)c(OC)c3)CCN(Cc3ccoc3)C2C1. The molecule has 1 aromatic heterocycles. The molecular formula is C26H37N3O4S. The van der Waals surface area contributed by atoms with E-state index in [2.05, 4.69) is 34.0 Å². The molecule has 0 bridgehead atoms. The first-order valence-corrected chi connectivity index (χ1v) is 13.1. The lowest BCUT2D eigenvalue weighted by Crippen LogP contribution is -2.48. The summed E-state index contributed by atoms with van der Waals surface area (Å²) < 4.78 is 19.5. The Bertz CT molecular complexity index is 938. The quantitative estimate of drug-likeness (QED) is 0.358. The van der Waals surface area contributed by atoms with Crippen molar-refractivity contribution in [1.82, 2.24) is 14.9 Å². The van der Waals surface area contributed by atoms with E-state index in [1.165, 1.54) is 11.1 Å². The summed E-state index contributed by atoms with van der Waals surface area (Å²) in [5.41, 5.74) is 2.58. The van der Waals surface area contributed by atoms with Crippen molar-refractivity contribution < 1.29 is 18.7 Å². The summed E-state index contributed by atoms with van der Waals surface area (Å²) in [5.74, 6) is 1.54. The lowest BCUT2D eigenvalue weighted by atomic mass is 9.66. The Morgan fingerprint density at radius 1 is 1.24 bits per heavy atom. The third-order valence-corrected chi connectivity index (χ3v) is 8.45. The Morgan fingerprint density at radius 3 is 2.82 bits per heavy atom. The predicted octanol–water partition coefficient (Wildman–Crippen LogP) is 5.11. The van der Waals surface area contributed by atoms with Crippen LogP contribution in [0.2, 0.25) is 0 Å². The van der Waals surface area contributed by atoms with E-state index in [1.807, 2.05) is 18.4 Å². The second kappa shape index (κ2) is 11.4. The minimum absolute atomic E-state index is 0.0593. The van der Waals surface area contributed by atoms with Crippen molar-refractivity contribution in [2.45, 2.75) is 68.7 Å². The summed E-state index contributed by atoms with van der Waals surface area (Å²) in [6.45, 7) is 4.75. The zero-order valence-corrected chi connectivity index (χ0v) is 21.3. The molecule has 1 aliphatic carbocycles. The number of hydrogen-bond donors (Lipinski definition) is 2. The topological polar surface area (TPSA) is 76.0 Å². The van der Waals surface area contributed by atoms with Gasteiger partial charge in [-0.25, -0.2) is 4.79 Å². The van der Waals surface area contributed by atoms with E-state index in [0.717, 1.165) is 69.7 Å². The highest BCUT2D eigenvalue weighted by molar-refractivity contribution is 7.98. The smallest absolute Gasteiger partial charge is 0.324 e. The first-order valence-electron chi connectivity index (χ1n) is 12.3. The number of unbranched alkanes of at least 4 members (excludes halogenated alkanes) is 1. The average Bonchev–Trinajstić information content (AvgIpc) is 3.51. The number of hydrogen-bond acceptors (Lipinski definition) is 6. The van der Waals surface area contributed by atoms with Gasteiger partial charge in [0.2, 0.25) is 0 Å². The highest BCUT2D eigenvalue weighted by Gasteiger charge is 2.51. The second-order valence-electron chi connectivity index (χ2n) is 9.32. The standard InChI is InChI=1S/C26H37N3O4S/c1-4-5-12-27-25(30)28-34-21-8-10-26(20-6-7-22(31-2)23(15-20)32-3)11-13-29(24(26)16-21)17-19-9-14-33-18-19/h6-7,9,14-15,18,21,24H,4-5,8,10-13,16-17H2,1-3H3,(H2,27,28,30). The molecule has 2 aromatic rings. The second-order valence-corrected chi connectivity index (χ2v) is 10.4. The van der Waals surface area contributed by atoms with E-state index >= 15 is 0 Å². The largest absolute Gasteiger partial charge is 0.493 e. The fourth-order valence-corrected chi connectivity index (χ4v) is 6.42. The molecular weight excluding hydrogens is 450 g/mol. The van der Waals surface area contributed by atoms with E-state index < -0.39 is 0 Å². The number of carbonyl (C=O) groups is 1. The van der Waals surface area contributed by atoms with Crippen molar-refractivity contribution in [2.24, 2.45) is 0 Å². The van der Waals surface area contributed by atoms with Crippen molar-refractivity contribution >= 4 is 18.0 Å². The van der Waals surface area contributed by atoms with Gasteiger partial charge in [0.15, 0.2) is 11.5 Å². The Balaban J connectivity index is 1.52. The molecule has 3 unspecified atom stereocenters. The zero-order chi connectivity index (χ0) is 24.0. The molecule has 1 saturated heterocycles. The molecule has 1 aromatic carbocycles. The maximum Gasteiger partial charge on any atom is 0.324 e. The molecule has 3 atom stereocenters. The highest BCUT2D eigenvalue weighted by atomic mass is 32.2. The van der Waals surface area contributed by atoms with Crippen LogP contribution in [-0.4, -0.2) is 49.5 Å². The van der Waals surface area contributed by atoms with Crippen LogP contribution >= 0.6 is 11.9 Å². The molecule has 2 amide bonds. The lowest BCUT2D eigenvalue weighted by molar-refractivity contribution is 0.153. The number of ether oxygens (including phenoxy) is 2. The average molecular weight is 488 g/mol. The zero-order valence-electron chi connectivity index (χ0n) is 20.5. The van der Waals surface area contributed by atoms with E-state index in [1.54, 1.807) is 32.4 Å². The van der Waals surface area contributed by atoms with Crippen LogP contribution in [0.3, 0.4) is 0 Å². The summed E-state index contributed by atoms with van der Waals surface area (Å²) in [7, 11) is 3.37. The van der Waals surface area contributed by atoms with Crippen molar-refractivity contribution in [3.8, 4) is 11.5 Å². The van der Waals surface area contributed by atoms with Crippen molar-refractivity contribution in [3.05, 3.63) is 47.9 Å². The summed E-state index contributed by atoms with van der Waals surface area (Å²) in [5, 5.41) is 3.32. The highest BCUT2D eigenvalue weighted by Crippen LogP contribution is 2.52. The minimum Gasteiger partial charge on any atom is -0.493 e. The number of furan rings is 1. The van der Waals surface area contributed by atoms with Crippen LogP contribution in [0.15, 0.2) is 41.2 Å². The van der Waals surface area contributed by atoms with E-state index in [0.29, 0.717) is 11.3 Å². The Hall–Kier alpha value is -2.32. The van der Waals surface area contributed by atoms with Crippen LogP contribution < -0.4 is 19.5 Å². The lowest BCUT2D eigenvalue weighted by Gasteiger charge is -2.45. The first kappa shape index (κ1) is 24.8. The summed E-state index contributed by atoms with van der Waals surface area (Å²) in [4.78, 5) is 14.8. The number of rotatable bonds is 10. The normalized spacial score (nSPS) is 24.4. The van der Waals surface area contributed by atoms with E-state index in [9.17, 15) is 4.79 Å². The van der Waals surface area contributed by atoms with Crippen LogP contribution in [0.5, 0.6) is 11.5 Å². The fourth-order valence-electron chi connectivity index (χ4n) is 5.56. The van der Waals surface area contributed by atoms with Gasteiger partial charge >= 0.3 is 6.03 Å². The van der Waals surface area contributed by atoms with Crippen LogP contribution in [0.4, 0.5) is 4.79 Å². The van der Waals surface area contributed by atoms with Crippen LogP contribution in [0.25, 0.3) is 0 Å². The molecule has 7 nitrogen and oxygen atoms in total. The first-order chi connectivity index (χ1) is 16.6. The number of urea groups is 1. The van der Waals surface area contributed by atoms with Crippen molar-refractivity contribution in [2.75, 3.05) is 27.3 Å². The monoisotopic (exact) mass is 487 g/mol. The van der Waals surface area contributed by atoms with Gasteiger partial charge in [0.25, 0.3) is 0 Å². The van der Waals surface area contributed by atoms with Gasteiger partial charge in [0.1, 0.15) is 0 Å². The van der Waals surface area contributed by atoms with Gasteiger partial charge in [-0.05, 0) is 74.4 Å². The number of amides is 2. The molecule has 4 rings (SSSR count). The number of methoxy groups -OCH3 is 2. The van der Waals surface area contributed by atoms with Crippen molar-refractivity contribution in [1.29, 1.82) is 0 Å². The van der Waals surface area contributed by atoms with Gasteiger partial charge in [-0.2, -0.15) is 0 Å². The molecule has 1 aliphatic heterocycles. The number of fused-ring (bicyclic) bond motifs is 1. The van der Waals surface area contributed by atoms with Gasteiger partial charge in [-0.15, -0.1) is 0 Å². The number of nitrogens with one attached hydrogen (secondary N) is 2. The minimum atomic E-state index is -0.0862. The Morgan fingerprint density at radius 2 is 2.09 bits per heavy atom. The van der Waals surface area contributed by atoms with Crippen LogP contribution in [0.1, 0.15) is 56.6 Å². The van der Waals surface area contributed by atoms with Gasteiger partial charge in [0.05, 0.1) is 26.7 Å². The molecule has 0 radical (unpaired) electrons. The fraction of sp³-hybridized carbons (Fsp3) is 0.577. The molecule has 2 fully saturated rings. The Labute approximate surface area is 207 Å². The number of benzene rings is 1. The van der Waals surface area contributed by atoms with Gasteiger partial charge < -0.3 is 19.2 Å². The Kier molecular flexibility index (Phi) is 8.32. The maximum absolute atomic E-state index is 12.2. The summed E-state index contributed by atoms with van der Waals surface area (Å²) >= 11 is 1.58. The molecule has 34 heavy (non-hydrogen) atoms. The molecule has 2 N–H and O–H groups in total. The number of nitrogens with zero attached hydrogens (tertiary/aromatic N) is 1. The van der Waals surface area contributed by atoms with Crippen LogP contribution in [0, 0.1) is 0 Å². The molecule has 8 heteroatoms. The molecule has 0 spiro atoms. The number of likely N-dealkylation sites (tertiary alicyclic amines) is 1.